The highest BCUT2D eigenvalue weighted by Crippen LogP contribution is 2.20. The minimum absolute atomic E-state index is 0.00585. The van der Waals surface area contributed by atoms with Gasteiger partial charge in [0.15, 0.2) is 5.92 Å². The monoisotopic (exact) mass is 392 g/mol. The fraction of sp³-hybridized carbons (Fsp3) is 0.591. The summed E-state index contributed by atoms with van der Waals surface area (Å²) in [6.45, 7) is 9.04. The van der Waals surface area contributed by atoms with Crippen molar-refractivity contribution in [1.82, 2.24) is 0 Å². The number of carbonyl (C=O) groups excluding carboxylic acids is 2. The molecule has 6 nitrogen and oxygen atoms in total. The molecule has 1 aromatic carbocycles. The molecule has 1 aromatic rings. The van der Waals surface area contributed by atoms with E-state index in [1.807, 2.05) is 6.92 Å². The average Bonchev–Trinajstić information content (AvgIpc) is 2.59. The lowest BCUT2D eigenvalue weighted by Gasteiger charge is -2.22. The Labute approximate surface area is 167 Å². The van der Waals surface area contributed by atoms with Crippen molar-refractivity contribution in [3.63, 3.8) is 0 Å². The summed E-state index contributed by atoms with van der Waals surface area (Å²) in [5, 5.41) is 9.35. The van der Waals surface area contributed by atoms with Gasteiger partial charge in [0.25, 0.3) is 0 Å². The molecule has 0 fully saturated rings. The van der Waals surface area contributed by atoms with E-state index in [1.165, 1.54) is 0 Å². The van der Waals surface area contributed by atoms with Gasteiger partial charge in [0, 0.05) is 0 Å². The van der Waals surface area contributed by atoms with E-state index in [4.69, 9.17) is 9.47 Å². The predicted molar refractivity (Wildman–Crippen MR) is 106 cm³/mol. The maximum absolute atomic E-state index is 12.1. The maximum atomic E-state index is 12.1. The number of carbonyl (C=O) groups is 3. The quantitative estimate of drug-likeness (QED) is 0.275. The van der Waals surface area contributed by atoms with Crippen molar-refractivity contribution in [2.75, 3.05) is 0 Å². The van der Waals surface area contributed by atoms with Crippen molar-refractivity contribution in [3.8, 4) is 5.75 Å². The largest absolute Gasteiger partial charge is 0.481 e. The van der Waals surface area contributed by atoms with Gasteiger partial charge in [-0.1, -0.05) is 45.2 Å². The number of unbranched alkanes of at least 4 members (excludes halogenated alkanes) is 2. The van der Waals surface area contributed by atoms with Gasteiger partial charge in [-0.3, -0.25) is 14.4 Å². The highest BCUT2D eigenvalue weighted by Gasteiger charge is 2.31. The molecule has 0 amide bonds. The molecule has 0 saturated heterocycles. The number of ether oxygens (including phenoxy) is 2. The summed E-state index contributed by atoms with van der Waals surface area (Å²) >= 11 is 0. The Hall–Kier alpha value is -2.37. The molecule has 0 radical (unpaired) electrons. The number of aliphatic carboxylic acids is 1. The molecule has 2 atom stereocenters. The van der Waals surface area contributed by atoms with E-state index in [0.717, 1.165) is 25.7 Å². The molecule has 0 aromatic heterocycles. The molecule has 156 valence electrons. The first-order valence-corrected chi connectivity index (χ1v) is 9.79. The lowest BCUT2D eigenvalue weighted by molar-refractivity contribution is -0.166. The van der Waals surface area contributed by atoms with Crippen LogP contribution in [0.15, 0.2) is 24.3 Å². The number of benzene rings is 1. The molecule has 2 unspecified atom stereocenters. The number of carboxylic acids is 1. The molecule has 0 spiro atoms. The average molecular weight is 392 g/mol. The van der Waals surface area contributed by atoms with Crippen LogP contribution in [0.2, 0.25) is 0 Å². The van der Waals surface area contributed by atoms with Crippen LogP contribution >= 0.6 is 0 Å². The van der Waals surface area contributed by atoms with Gasteiger partial charge in [0.05, 0.1) is 5.92 Å². The second kappa shape index (κ2) is 10.8. The van der Waals surface area contributed by atoms with Crippen molar-refractivity contribution in [2.24, 2.45) is 11.8 Å². The molecule has 6 heteroatoms. The van der Waals surface area contributed by atoms with E-state index in [-0.39, 0.29) is 18.3 Å². The summed E-state index contributed by atoms with van der Waals surface area (Å²) in [7, 11) is 0. The van der Waals surface area contributed by atoms with Crippen molar-refractivity contribution >= 4 is 17.9 Å². The zero-order valence-corrected chi connectivity index (χ0v) is 17.5. The molecule has 0 bridgehead atoms. The fourth-order valence-electron chi connectivity index (χ4n) is 2.61. The molecule has 0 aliphatic heterocycles. The van der Waals surface area contributed by atoms with Crippen LogP contribution < -0.4 is 4.74 Å². The third-order valence-electron chi connectivity index (χ3n) is 4.21. The Morgan fingerprint density at radius 1 is 1.04 bits per heavy atom. The minimum Gasteiger partial charge on any atom is -0.481 e. The van der Waals surface area contributed by atoms with E-state index in [1.54, 1.807) is 45.0 Å². The number of hydrogen-bond acceptors (Lipinski definition) is 5. The highest BCUT2D eigenvalue weighted by atomic mass is 16.6. The normalized spacial score (nSPS) is 13.5. The van der Waals surface area contributed by atoms with E-state index in [9.17, 15) is 19.5 Å². The maximum Gasteiger partial charge on any atom is 0.321 e. The van der Waals surface area contributed by atoms with Crippen LogP contribution in [0.25, 0.3) is 0 Å². The summed E-state index contributed by atoms with van der Waals surface area (Å²) in [5.41, 5.74) is -0.106. The smallest absolute Gasteiger partial charge is 0.321 e. The van der Waals surface area contributed by atoms with E-state index >= 15 is 0 Å². The Morgan fingerprint density at radius 3 is 2.14 bits per heavy atom. The number of esters is 2. The molecule has 0 heterocycles. The Kier molecular flexibility index (Phi) is 9.16. The SMILES string of the molecule is CCCCCC(C)C(=O)Oc1ccc(CC(C(=O)O)C(=O)OC(C)(C)C)cc1. The molecular formula is C22H32O6. The number of rotatable bonds is 10. The van der Waals surface area contributed by atoms with Crippen LogP contribution in [-0.4, -0.2) is 28.6 Å². The third-order valence-corrected chi connectivity index (χ3v) is 4.21. The molecule has 28 heavy (non-hydrogen) atoms. The Balaban J connectivity index is 2.68. The Morgan fingerprint density at radius 2 is 1.64 bits per heavy atom. The van der Waals surface area contributed by atoms with Crippen molar-refractivity contribution in [3.05, 3.63) is 29.8 Å². The third kappa shape index (κ3) is 8.55. The summed E-state index contributed by atoms with van der Waals surface area (Å²) in [6.07, 6.45) is 3.98. The zero-order valence-electron chi connectivity index (χ0n) is 17.5. The highest BCUT2D eigenvalue weighted by molar-refractivity contribution is 5.94. The molecule has 1 N–H and O–H groups in total. The van der Waals surface area contributed by atoms with Gasteiger partial charge in [0.1, 0.15) is 11.4 Å². The topological polar surface area (TPSA) is 89.9 Å². The molecule has 1 rings (SSSR count). The van der Waals surface area contributed by atoms with Crippen molar-refractivity contribution in [2.45, 2.75) is 72.3 Å². The van der Waals surface area contributed by atoms with Crippen LogP contribution in [0.3, 0.4) is 0 Å². The van der Waals surface area contributed by atoms with Crippen LogP contribution in [0.5, 0.6) is 5.75 Å². The fourth-order valence-corrected chi connectivity index (χ4v) is 2.61. The number of hydrogen-bond donors (Lipinski definition) is 1. The van der Waals surface area contributed by atoms with Gasteiger partial charge < -0.3 is 14.6 Å². The lowest BCUT2D eigenvalue weighted by atomic mass is 9.99. The first-order valence-electron chi connectivity index (χ1n) is 9.79. The molecular weight excluding hydrogens is 360 g/mol. The van der Waals surface area contributed by atoms with Crippen molar-refractivity contribution < 1.29 is 29.0 Å². The van der Waals surface area contributed by atoms with Crippen LogP contribution in [0, 0.1) is 11.8 Å². The van der Waals surface area contributed by atoms with Crippen LogP contribution in [0.4, 0.5) is 0 Å². The first-order chi connectivity index (χ1) is 13.0. The van der Waals surface area contributed by atoms with E-state index in [0.29, 0.717) is 11.3 Å². The summed E-state index contributed by atoms with van der Waals surface area (Å²) in [4.78, 5) is 35.7. The van der Waals surface area contributed by atoms with E-state index in [2.05, 4.69) is 6.92 Å². The van der Waals surface area contributed by atoms with Gasteiger partial charge in [-0.2, -0.15) is 0 Å². The second-order valence-corrected chi connectivity index (χ2v) is 8.09. The van der Waals surface area contributed by atoms with Gasteiger partial charge >= 0.3 is 17.9 Å². The number of carboxylic acid groups (broad SMARTS) is 1. The summed E-state index contributed by atoms with van der Waals surface area (Å²) in [6, 6.07) is 6.54. The minimum atomic E-state index is -1.29. The standard InChI is InChI=1S/C22H32O6/c1-6-7-8-9-15(2)20(25)27-17-12-10-16(11-13-17)14-18(19(23)24)21(26)28-22(3,4)5/h10-13,15,18H,6-9,14H2,1-5H3,(H,23,24). The van der Waals surface area contributed by atoms with Gasteiger partial charge in [-0.15, -0.1) is 0 Å². The van der Waals surface area contributed by atoms with E-state index < -0.39 is 23.5 Å². The van der Waals surface area contributed by atoms with Crippen LogP contribution in [-0.2, 0) is 25.5 Å². The lowest BCUT2D eigenvalue weighted by Crippen LogP contribution is -2.33. The molecule has 0 aliphatic carbocycles. The molecule has 0 aliphatic rings. The summed E-state index contributed by atoms with van der Waals surface area (Å²) in [5.74, 6) is -3.33. The Bertz CT molecular complexity index is 657. The zero-order chi connectivity index (χ0) is 21.3. The summed E-state index contributed by atoms with van der Waals surface area (Å²) < 4.78 is 10.6. The molecule has 0 saturated carbocycles. The predicted octanol–water partition coefficient (Wildman–Crippen LogP) is 4.39. The van der Waals surface area contributed by atoms with Gasteiger partial charge in [-0.05, 0) is 51.3 Å². The second-order valence-electron chi connectivity index (χ2n) is 8.09. The first kappa shape index (κ1) is 23.7. The van der Waals surface area contributed by atoms with Gasteiger partial charge in [0.2, 0.25) is 0 Å². The van der Waals surface area contributed by atoms with Crippen LogP contribution in [0.1, 0.15) is 65.9 Å². The van der Waals surface area contributed by atoms with Gasteiger partial charge in [-0.25, -0.2) is 0 Å². The van der Waals surface area contributed by atoms with Crippen molar-refractivity contribution in [1.29, 1.82) is 0 Å².